The zero-order valence-electron chi connectivity index (χ0n) is 16.0. The first-order valence-electron chi connectivity index (χ1n) is 9.84. The van der Waals surface area contributed by atoms with Crippen molar-refractivity contribution in [3.05, 3.63) is 90.0 Å². The van der Waals surface area contributed by atoms with Crippen molar-refractivity contribution in [1.29, 1.82) is 0 Å². The van der Waals surface area contributed by atoms with Crippen LogP contribution in [0.15, 0.2) is 83.9 Å². The molecule has 144 valence electrons. The summed E-state index contributed by atoms with van der Waals surface area (Å²) >= 11 is 0. The quantitative estimate of drug-likeness (QED) is 0.628. The summed E-state index contributed by atoms with van der Waals surface area (Å²) in [6.07, 6.45) is 0. The van der Waals surface area contributed by atoms with Gasteiger partial charge in [0.1, 0.15) is 17.3 Å². The van der Waals surface area contributed by atoms with Gasteiger partial charge in [-0.2, -0.15) is 0 Å². The Morgan fingerprint density at radius 2 is 1.41 bits per heavy atom. The highest BCUT2D eigenvalue weighted by Crippen LogP contribution is 2.37. The second-order valence-electron chi connectivity index (χ2n) is 7.15. The van der Waals surface area contributed by atoms with E-state index in [1.54, 1.807) is 0 Å². The minimum atomic E-state index is 0.0853. The molecule has 0 saturated carbocycles. The molecule has 3 aromatic rings. The first-order chi connectivity index (χ1) is 14.3. The van der Waals surface area contributed by atoms with Gasteiger partial charge in [0.2, 0.25) is 0 Å². The van der Waals surface area contributed by atoms with Crippen LogP contribution in [0.2, 0.25) is 0 Å². The predicted octanol–water partition coefficient (Wildman–Crippen LogP) is 4.33. The highest BCUT2D eigenvalue weighted by molar-refractivity contribution is 6.04. The summed E-state index contributed by atoms with van der Waals surface area (Å²) in [5.74, 6) is 2.55. The molecule has 5 nitrogen and oxygen atoms in total. The molecule has 2 aliphatic heterocycles. The summed E-state index contributed by atoms with van der Waals surface area (Å²) in [6.45, 7) is 2.79. The van der Waals surface area contributed by atoms with Crippen molar-refractivity contribution >= 4 is 17.4 Å². The topological polar surface area (TPSA) is 45.1 Å². The number of ether oxygens (including phenoxy) is 1. The molecular weight excluding hydrogens is 362 g/mol. The Bertz CT molecular complexity index is 1070. The lowest BCUT2D eigenvalue weighted by molar-refractivity contribution is 0.0692. The van der Waals surface area contributed by atoms with Crippen molar-refractivity contribution in [1.82, 2.24) is 9.80 Å². The molecule has 29 heavy (non-hydrogen) atoms. The Hall–Kier alpha value is -3.60. The van der Waals surface area contributed by atoms with Crippen molar-refractivity contribution in [2.24, 2.45) is 4.99 Å². The van der Waals surface area contributed by atoms with Gasteiger partial charge >= 0.3 is 0 Å². The van der Waals surface area contributed by atoms with Crippen LogP contribution in [0.1, 0.15) is 15.9 Å². The molecule has 3 aromatic carbocycles. The number of para-hydroxylation sites is 3. The summed E-state index contributed by atoms with van der Waals surface area (Å²) in [6, 6.07) is 25.3. The largest absolute Gasteiger partial charge is 0.454 e. The number of piperazine rings is 1. The zero-order chi connectivity index (χ0) is 19.6. The van der Waals surface area contributed by atoms with E-state index in [0.29, 0.717) is 13.1 Å². The Morgan fingerprint density at radius 3 is 2.21 bits per heavy atom. The molecule has 1 fully saturated rings. The molecule has 0 atom stereocenters. The summed E-state index contributed by atoms with van der Waals surface area (Å²) in [5.41, 5.74) is 2.54. The first kappa shape index (κ1) is 17.5. The molecule has 0 unspecified atom stereocenters. The van der Waals surface area contributed by atoms with Crippen LogP contribution in [-0.4, -0.2) is 47.7 Å². The van der Waals surface area contributed by atoms with Crippen LogP contribution in [0.25, 0.3) is 0 Å². The van der Waals surface area contributed by atoms with E-state index in [1.807, 2.05) is 83.8 Å². The molecular formula is C24H21N3O2. The summed E-state index contributed by atoms with van der Waals surface area (Å²) in [5, 5.41) is 0. The summed E-state index contributed by atoms with van der Waals surface area (Å²) in [4.78, 5) is 21.9. The van der Waals surface area contributed by atoms with Crippen LogP contribution >= 0.6 is 0 Å². The van der Waals surface area contributed by atoms with Crippen LogP contribution in [0.3, 0.4) is 0 Å². The number of rotatable bonds is 1. The lowest BCUT2D eigenvalue weighted by atomic mass is 10.1. The minimum Gasteiger partial charge on any atom is -0.454 e. The predicted molar refractivity (Wildman–Crippen MR) is 113 cm³/mol. The number of benzene rings is 3. The number of fused-ring (bicyclic) bond motifs is 2. The molecule has 0 N–H and O–H groups in total. The number of carbonyl (C=O) groups is 1. The van der Waals surface area contributed by atoms with Gasteiger partial charge in [0.15, 0.2) is 5.75 Å². The summed E-state index contributed by atoms with van der Waals surface area (Å²) in [7, 11) is 0. The van der Waals surface area contributed by atoms with Gasteiger partial charge in [-0.15, -0.1) is 0 Å². The third-order valence-electron chi connectivity index (χ3n) is 5.33. The van der Waals surface area contributed by atoms with Gasteiger partial charge in [0, 0.05) is 31.7 Å². The molecule has 1 saturated heterocycles. The number of nitrogens with zero attached hydrogens (tertiary/aromatic N) is 3. The van der Waals surface area contributed by atoms with Gasteiger partial charge < -0.3 is 14.5 Å². The number of carbonyl (C=O) groups excluding carboxylic acids is 1. The molecule has 0 radical (unpaired) electrons. The Morgan fingerprint density at radius 1 is 0.759 bits per heavy atom. The molecule has 0 bridgehead atoms. The Labute approximate surface area is 169 Å². The van der Waals surface area contributed by atoms with Crippen LogP contribution in [-0.2, 0) is 0 Å². The highest BCUT2D eigenvalue weighted by Gasteiger charge is 2.27. The Balaban J connectivity index is 1.41. The van der Waals surface area contributed by atoms with Crippen LogP contribution in [0.4, 0.5) is 5.69 Å². The minimum absolute atomic E-state index is 0.0853. The third-order valence-corrected chi connectivity index (χ3v) is 5.33. The fraction of sp³-hybridized carbons (Fsp3) is 0.167. The average molecular weight is 383 g/mol. The summed E-state index contributed by atoms with van der Waals surface area (Å²) < 4.78 is 6.13. The fourth-order valence-corrected chi connectivity index (χ4v) is 3.79. The molecule has 5 heteroatoms. The van der Waals surface area contributed by atoms with Crippen molar-refractivity contribution in [3.8, 4) is 11.5 Å². The van der Waals surface area contributed by atoms with E-state index in [9.17, 15) is 4.79 Å². The third kappa shape index (κ3) is 3.36. The lowest BCUT2D eigenvalue weighted by Gasteiger charge is -2.36. The maximum absolute atomic E-state index is 12.8. The van der Waals surface area contributed by atoms with Gasteiger partial charge in [0.05, 0.1) is 5.56 Å². The normalized spacial score (nSPS) is 15.5. The fourth-order valence-electron chi connectivity index (χ4n) is 3.79. The smallest absolute Gasteiger partial charge is 0.253 e. The van der Waals surface area contributed by atoms with Crippen molar-refractivity contribution < 1.29 is 9.53 Å². The molecule has 2 aliphatic rings. The standard InChI is InChI=1S/C24H21N3O2/c28-24(18-8-2-1-3-9-18)27-16-14-26(15-17-27)23-19-10-4-6-12-21(19)29-22-13-7-5-11-20(22)25-23/h1-13H,14-17H2. The molecule has 0 aliphatic carbocycles. The van der Waals surface area contributed by atoms with E-state index < -0.39 is 0 Å². The number of hydrogen-bond acceptors (Lipinski definition) is 4. The van der Waals surface area contributed by atoms with Crippen LogP contribution in [0, 0.1) is 0 Å². The van der Waals surface area contributed by atoms with Crippen LogP contribution < -0.4 is 4.74 Å². The maximum atomic E-state index is 12.8. The van der Waals surface area contributed by atoms with E-state index in [0.717, 1.165) is 47.2 Å². The molecule has 0 aromatic heterocycles. The SMILES string of the molecule is O=C(c1ccccc1)N1CCN(C2=Nc3ccccc3Oc3ccccc32)CC1. The van der Waals surface area contributed by atoms with Gasteiger partial charge in [-0.3, -0.25) is 4.79 Å². The van der Waals surface area contributed by atoms with Crippen molar-refractivity contribution in [3.63, 3.8) is 0 Å². The van der Waals surface area contributed by atoms with Gasteiger partial charge in [-0.25, -0.2) is 4.99 Å². The van der Waals surface area contributed by atoms with Crippen molar-refractivity contribution in [2.45, 2.75) is 0 Å². The molecule has 0 spiro atoms. The van der Waals surface area contributed by atoms with E-state index in [4.69, 9.17) is 9.73 Å². The second-order valence-corrected chi connectivity index (χ2v) is 7.15. The zero-order valence-corrected chi connectivity index (χ0v) is 16.0. The van der Waals surface area contributed by atoms with E-state index in [1.165, 1.54) is 0 Å². The number of hydrogen-bond donors (Lipinski definition) is 0. The van der Waals surface area contributed by atoms with Gasteiger partial charge in [-0.1, -0.05) is 42.5 Å². The number of aliphatic imine (C=N–C) groups is 1. The molecule has 5 rings (SSSR count). The van der Waals surface area contributed by atoms with E-state index >= 15 is 0 Å². The lowest BCUT2D eigenvalue weighted by Crippen LogP contribution is -2.50. The number of amidine groups is 1. The van der Waals surface area contributed by atoms with E-state index in [2.05, 4.69) is 4.90 Å². The molecule has 1 amide bonds. The Kier molecular flexibility index (Phi) is 4.48. The van der Waals surface area contributed by atoms with Gasteiger partial charge in [0.25, 0.3) is 5.91 Å². The molecule has 2 heterocycles. The van der Waals surface area contributed by atoms with Crippen LogP contribution in [0.5, 0.6) is 11.5 Å². The monoisotopic (exact) mass is 383 g/mol. The van der Waals surface area contributed by atoms with E-state index in [-0.39, 0.29) is 5.91 Å². The maximum Gasteiger partial charge on any atom is 0.253 e. The van der Waals surface area contributed by atoms with Crippen molar-refractivity contribution in [2.75, 3.05) is 26.2 Å². The van der Waals surface area contributed by atoms with Gasteiger partial charge in [-0.05, 0) is 36.4 Å². The average Bonchev–Trinajstić information content (AvgIpc) is 2.96. The highest BCUT2D eigenvalue weighted by atomic mass is 16.5. The second kappa shape index (κ2) is 7.43. The number of amides is 1. The first-order valence-corrected chi connectivity index (χ1v) is 9.84.